The van der Waals surface area contributed by atoms with Crippen molar-refractivity contribution < 1.29 is 9.53 Å². The van der Waals surface area contributed by atoms with E-state index in [4.69, 9.17) is 22.1 Å². The highest BCUT2D eigenvalue weighted by Crippen LogP contribution is 2.27. The summed E-state index contributed by atoms with van der Waals surface area (Å²) in [5.41, 5.74) is 9.43. The van der Waals surface area contributed by atoms with Crippen molar-refractivity contribution in [3.8, 4) is 0 Å². The Morgan fingerprint density at radius 2 is 2.04 bits per heavy atom. The minimum Gasteiger partial charge on any atom is -0.463 e. The zero-order valence-corrected chi connectivity index (χ0v) is 15.1. The van der Waals surface area contributed by atoms with Crippen LogP contribution in [0.1, 0.15) is 27.9 Å². The summed E-state index contributed by atoms with van der Waals surface area (Å²) >= 11 is 6.03. The van der Waals surface area contributed by atoms with E-state index in [1.807, 2.05) is 29.2 Å². The second-order valence-corrected chi connectivity index (χ2v) is 7.08. The number of fused-ring (bicyclic) bond motifs is 1. The molecule has 6 heteroatoms. The van der Waals surface area contributed by atoms with Crippen molar-refractivity contribution in [2.24, 2.45) is 10.7 Å². The molecule has 1 atom stereocenters. The topological polar surface area (TPSA) is 67.9 Å². The van der Waals surface area contributed by atoms with Gasteiger partial charge in [-0.15, -0.1) is 0 Å². The smallest absolute Gasteiger partial charge is 0.282 e. The quantitative estimate of drug-likeness (QED) is 0.899. The SMILES string of the molecule is NC1=N[C@@H](CCc2ccc(N3CCc4cc(Cl)ccc4C3=O)cc2)CO1. The van der Waals surface area contributed by atoms with Gasteiger partial charge in [0.05, 0.1) is 6.04 Å². The van der Waals surface area contributed by atoms with Crippen molar-refractivity contribution in [3.63, 3.8) is 0 Å². The normalized spacial score (nSPS) is 19.1. The van der Waals surface area contributed by atoms with Crippen LogP contribution in [0, 0.1) is 0 Å². The van der Waals surface area contributed by atoms with Gasteiger partial charge in [0.15, 0.2) is 0 Å². The number of benzene rings is 2. The number of ether oxygens (including phenoxy) is 1. The molecule has 2 heterocycles. The van der Waals surface area contributed by atoms with Gasteiger partial charge in [0, 0.05) is 22.8 Å². The van der Waals surface area contributed by atoms with Gasteiger partial charge in [-0.05, 0) is 60.7 Å². The zero-order chi connectivity index (χ0) is 18.1. The molecule has 0 fully saturated rings. The van der Waals surface area contributed by atoms with Gasteiger partial charge in [-0.1, -0.05) is 23.7 Å². The first-order valence-electron chi connectivity index (χ1n) is 8.75. The van der Waals surface area contributed by atoms with E-state index in [1.54, 1.807) is 6.07 Å². The Hall–Kier alpha value is -2.53. The van der Waals surface area contributed by atoms with Crippen LogP contribution in [-0.2, 0) is 17.6 Å². The summed E-state index contributed by atoms with van der Waals surface area (Å²) < 4.78 is 5.18. The van der Waals surface area contributed by atoms with Gasteiger partial charge >= 0.3 is 0 Å². The predicted octanol–water partition coefficient (Wildman–Crippen LogP) is 3.19. The fourth-order valence-electron chi connectivity index (χ4n) is 3.46. The number of aliphatic imine (C=N–C) groups is 1. The summed E-state index contributed by atoms with van der Waals surface area (Å²) in [5.74, 6) is 0.0311. The highest BCUT2D eigenvalue weighted by molar-refractivity contribution is 6.30. The largest absolute Gasteiger partial charge is 0.463 e. The molecule has 2 aromatic rings. The molecular weight excluding hydrogens is 350 g/mol. The number of hydrogen-bond acceptors (Lipinski definition) is 4. The van der Waals surface area contributed by atoms with E-state index in [1.165, 1.54) is 5.56 Å². The molecule has 0 bridgehead atoms. The Morgan fingerprint density at radius 1 is 1.23 bits per heavy atom. The molecule has 0 unspecified atom stereocenters. The van der Waals surface area contributed by atoms with Crippen molar-refractivity contribution in [1.29, 1.82) is 0 Å². The zero-order valence-electron chi connectivity index (χ0n) is 14.3. The first-order chi connectivity index (χ1) is 12.6. The number of amidine groups is 1. The van der Waals surface area contributed by atoms with Crippen LogP contribution in [0.3, 0.4) is 0 Å². The number of aryl methyl sites for hydroxylation is 1. The van der Waals surface area contributed by atoms with Crippen LogP contribution in [-0.4, -0.2) is 31.1 Å². The van der Waals surface area contributed by atoms with Crippen LogP contribution in [0.5, 0.6) is 0 Å². The van der Waals surface area contributed by atoms with Gasteiger partial charge in [-0.2, -0.15) is 0 Å². The lowest BCUT2D eigenvalue weighted by Crippen LogP contribution is -2.37. The predicted molar refractivity (Wildman–Crippen MR) is 103 cm³/mol. The van der Waals surface area contributed by atoms with E-state index in [-0.39, 0.29) is 18.0 Å². The lowest BCUT2D eigenvalue weighted by molar-refractivity contribution is 0.0980. The van der Waals surface area contributed by atoms with Gasteiger partial charge < -0.3 is 15.4 Å². The number of halogens is 1. The van der Waals surface area contributed by atoms with Crippen molar-refractivity contribution >= 4 is 29.2 Å². The molecular formula is C20H20ClN3O2. The Kier molecular flexibility index (Phi) is 4.55. The van der Waals surface area contributed by atoms with E-state index >= 15 is 0 Å². The second-order valence-electron chi connectivity index (χ2n) is 6.65. The van der Waals surface area contributed by atoms with Crippen LogP contribution in [0.2, 0.25) is 5.02 Å². The summed E-state index contributed by atoms with van der Waals surface area (Å²) in [6.45, 7) is 1.23. The number of nitrogens with zero attached hydrogens (tertiary/aromatic N) is 2. The third kappa shape index (κ3) is 3.40. The molecule has 2 aliphatic heterocycles. The first kappa shape index (κ1) is 16.9. The molecule has 0 radical (unpaired) electrons. The minimum absolute atomic E-state index is 0.0311. The maximum absolute atomic E-state index is 12.8. The molecule has 0 aliphatic carbocycles. The lowest BCUT2D eigenvalue weighted by Gasteiger charge is -2.29. The van der Waals surface area contributed by atoms with Crippen LogP contribution < -0.4 is 10.6 Å². The van der Waals surface area contributed by atoms with Crippen LogP contribution in [0.25, 0.3) is 0 Å². The molecule has 134 valence electrons. The summed E-state index contributed by atoms with van der Waals surface area (Å²) in [7, 11) is 0. The average Bonchev–Trinajstić information content (AvgIpc) is 3.06. The van der Waals surface area contributed by atoms with Crippen molar-refractivity contribution in [2.75, 3.05) is 18.1 Å². The molecule has 0 spiro atoms. The molecule has 2 aromatic carbocycles. The number of rotatable bonds is 4. The Bertz CT molecular complexity index is 864. The maximum atomic E-state index is 12.8. The molecule has 5 nitrogen and oxygen atoms in total. The Balaban J connectivity index is 1.44. The van der Waals surface area contributed by atoms with E-state index in [0.717, 1.165) is 36.1 Å². The highest BCUT2D eigenvalue weighted by Gasteiger charge is 2.25. The van der Waals surface area contributed by atoms with E-state index in [2.05, 4.69) is 17.1 Å². The number of carbonyl (C=O) groups is 1. The van der Waals surface area contributed by atoms with Crippen molar-refractivity contribution in [1.82, 2.24) is 0 Å². The maximum Gasteiger partial charge on any atom is 0.282 e. The summed E-state index contributed by atoms with van der Waals surface area (Å²) in [6.07, 6.45) is 2.61. The number of carbonyl (C=O) groups excluding carboxylic acids is 1. The average molecular weight is 370 g/mol. The van der Waals surface area contributed by atoms with Crippen molar-refractivity contribution in [3.05, 3.63) is 64.2 Å². The molecule has 4 rings (SSSR count). The molecule has 0 saturated heterocycles. The molecule has 0 aromatic heterocycles. The van der Waals surface area contributed by atoms with Gasteiger partial charge in [0.25, 0.3) is 11.9 Å². The van der Waals surface area contributed by atoms with Crippen molar-refractivity contribution in [2.45, 2.75) is 25.3 Å². The monoisotopic (exact) mass is 369 g/mol. The number of hydrogen-bond donors (Lipinski definition) is 1. The Labute approximate surface area is 157 Å². The minimum atomic E-state index is 0.0311. The van der Waals surface area contributed by atoms with Gasteiger partial charge in [-0.3, -0.25) is 4.79 Å². The molecule has 2 N–H and O–H groups in total. The van der Waals surface area contributed by atoms with Crippen LogP contribution >= 0.6 is 11.6 Å². The van der Waals surface area contributed by atoms with Gasteiger partial charge in [-0.25, -0.2) is 4.99 Å². The first-order valence-corrected chi connectivity index (χ1v) is 9.13. The number of nitrogens with two attached hydrogens (primary N) is 1. The third-order valence-electron chi connectivity index (χ3n) is 4.90. The standard InChI is InChI=1S/C20H20ClN3O2/c21-15-4-8-18-14(11-15)9-10-24(19(18)25)17-6-2-13(3-7-17)1-5-16-12-26-20(22)23-16/h2-4,6-8,11,16H,1,5,9-10,12H2,(H2,22,23)/t16-/m0/s1. The lowest BCUT2D eigenvalue weighted by atomic mass is 9.98. The van der Waals surface area contributed by atoms with Gasteiger partial charge in [0.1, 0.15) is 6.61 Å². The second kappa shape index (κ2) is 7.00. The van der Waals surface area contributed by atoms with Crippen LogP contribution in [0.4, 0.5) is 5.69 Å². The van der Waals surface area contributed by atoms with Crippen LogP contribution in [0.15, 0.2) is 47.5 Å². The van der Waals surface area contributed by atoms with E-state index < -0.39 is 0 Å². The van der Waals surface area contributed by atoms with Gasteiger partial charge in [0.2, 0.25) is 0 Å². The molecule has 0 saturated carbocycles. The molecule has 2 aliphatic rings. The third-order valence-corrected chi connectivity index (χ3v) is 5.13. The van der Waals surface area contributed by atoms with E-state index in [9.17, 15) is 4.79 Å². The summed E-state index contributed by atoms with van der Waals surface area (Å²) in [6, 6.07) is 14.1. The Morgan fingerprint density at radius 3 is 2.77 bits per heavy atom. The highest BCUT2D eigenvalue weighted by atomic mass is 35.5. The van der Waals surface area contributed by atoms with E-state index in [0.29, 0.717) is 18.2 Å². The fraction of sp³-hybridized carbons (Fsp3) is 0.300. The summed E-state index contributed by atoms with van der Waals surface area (Å²) in [5, 5.41) is 0.674. The number of amides is 1. The molecule has 26 heavy (non-hydrogen) atoms. The number of anilines is 1. The fourth-order valence-corrected chi connectivity index (χ4v) is 3.66. The summed E-state index contributed by atoms with van der Waals surface area (Å²) in [4.78, 5) is 18.9. The molecule has 1 amide bonds.